The van der Waals surface area contributed by atoms with Crippen molar-refractivity contribution in [2.45, 2.75) is 25.4 Å². The van der Waals surface area contributed by atoms with Gasteiger partial charge in [0.15, 0.2) is 0 Å². The van der Waals surface area contributed by atoms with Crippen LogP contribution in [0.15, 0.2) is 36.9 Å². The minimum Gasteiger partial charge on any atom is -0.299 e. The number of allylic oxidation sites excluding steroid dienone is 1. The number of alkyl halides is 3. The first-order chi connectivity index (χ1) is 7.93. The van der Waals surface area contributed by atoms with Gasteiger partial charge < -0.3 is 0 Å². The fraction of sp³-hybridized carbons (Fsp3) is 0.308. The van der Waals surface area contributed by atoms with E-state index in [1.165, 1.54) is 12.1 Å². The van der Waals surface area contributed by atoms with Gasteiger partial charge >= 0.3 is 6.18 Å². The molecule has 0 fully saturated rings. The SMILES string of the molecule is C=CCCC(=O)Cc1cccc(C(F)(F)F)c1. The Hall–Kier alpha value is -1.58. The fourth-order valence-electron chi connectivity index (χ4n) is 1.44. The lowest BCUT2D eigenvalue weighted by Gasteiger charge is -2.08. The number of hydrogen-bond donors (Lipinski definition) is 0. The molecule has 0 bridgehead atoms. The van der Waals surface area contributed by atoms with E-state index < -0.39 is 11.7 Å². The largest absolute Gasteiger partial charge is 0.416 e. The molecule has 0 heterocycles. The minimum atomic E-state index is -4.36. The van der Waals surface area contributed by atoms with E-state index in [-0.39, 0.29) is 12.2 Å². The van der Waals surface area contributed by atoms with Crippen molar-refractivity contribution >= 4 is 5.78 Å². The van der Waals surface area contributed by atoms with Crippen LogP contribution in [0.2, 0.25) is 0 Å². The molecule has 0 unspecified atom stereocenters. The van der Waals surface area contributed by atoms with Crippen molar-refractivity contribution in [1.29, 1.82) is 0 Å². The molecular formula is C13H13F3O. The summed E-state index contributed by atoms with van der Waals surface area (Å²) in [5.41, 5.74) is -0.319. The van der Waals surface area contributed by atoms with Crippen molar-refractivity contribution in [3.05, 3.63) is 48.0 Å². The molecule has 0 amide bonds. The average Bonchev–Trinajstić information content (AvgIpc) is 2.25. The molecule has 1 rings (SSSR count). The van der Waals surface area contributed by atoms with Crippen LogP contribution < -0.4 is 0 Å². The maximum atomic E-state index is 12.4. The van der Waals surface area contributed by atoms with Gasteiger partial charge in [0, 0.05) is 12.8 Å². The third-order valence-corrected chi connectivity index (χ3v) is 2.28. The van der Waals surface area contributed by atoms with Gasteiger partial charge in [-0.2, -0.15) is 13.2 Å². The van der Waals surface area contributed by atoms with E-state index in [0.717, 1.165) is 12.1 Å². The topological polar surface area (TPSA) is 17.1 Å². The summed E-state index contributed by atoms with van der Waals surface area (Å²) in [4.78, 5) is 11.4. The average molecular weight is 242 g/mol. The highest BCUT2D eigenvalue weighted by atomic mass is 19.4. The number of hydrogen-bond acceptors (Lipinski definition) is 1. The predicted molar refractivity (Wildman–Crippen MR) is 59.6 cm³/mol. The first-order valence-corrected chi connectivity index (χ1v) is 5.22. The van der Waals surface area contributed by atoms with E-state index in [4.69, 9.17) is 0 Å². The van der Waals surface area contributed by atoms with Crippen molar-refractivity contribution in [2.24, 2.45) is 0 Å². The number of carbonyl (C=O) groups is 1. The molecule has 0 radical (unpaired) electrons. The Balaban J connectivity index is 2.72. The van der Waals surface area contributed by atoms with E-state index in [1.54, 1.807) is 6.08 Å². The highest BCUT2D eigenvalue weighted by Gasteiger charge is 2.30. The van der Waals surface area contributed by atoms with Crippen LogP contribution in [0.4, 0.5) is 13.2 Å². The van der Waals surface area contributed by atoms with E-state index in [1.807, 2.05) is 0 Å². The summed E-state index contributed by atoms with van der Waals surface area (Å²) in [5.74, 6) is -0.0794. The molecule has 1 nitrogen and oxygen atoms in total. The molecule has 17 heavy (non-hydrogen) atoms. The van der Waals surface area contributed by atoms with Crippen LogP contribution in [0.25, 0.3) is 0 Å². The van der Waals surface area contributed by atoms with Crippen molar-refractivity contribution in [1.82, 2.24) is 0 Å². The van der Waals surface area contributed by atoms with Gasteiger partial charge in [0.1, 0.15) is 5.78 Å². The lowest BCUT2D eigenvalue weighted by molar-refractivity contribution is -0.137. The molecule has 0 saturated heterocycles. The summed E-state index contributed by atoms with van der Waals surface area (Å²) in [7, 11) is 0. The van der Waals surface area contributed by atoms with E-state index >= 15 is 0 Å². The molecule has 0 aliphatic carbocycles. The molecule has 92 valence electrons. The maximum Gasteiger partial charge on any atom is 0.416 e. The van der Waals surface area contributed by atoms with Gasteiger partial charge in [-0.25, -0.2) is 0 Å². The molecule has 1 aromatic carbocycles. The molecule has 4 heteroatoms. The van der Waals surface area contributed by atoms with Gasteiger partial charge in [0.2, 0.25) is 0 Å². The third-order valence-electron chi connectivity index (χ3n) is 2.28. The Morgan fingerprint density at radius 3 is 2.65 bits per heavy atom. The van der Waals surface area contributed by atoms with Gasteiger partial charge in [-0.15, -0.1) is 6.58 Å². The van der Waals surface area contributed by atoms with E-state index in [2.05, 4.69) is 6.58 Å². The zero-order chi connectivity index (χ0) is 12.9. The molecule has 0 spiro atoms. The van der Waals surface area contributed by atoms with Crippen LogP contribution in [0, 0.1) is 0 Å². The van der Waals surface area contributed by atoms with Gasteiger partial charge in [-0.1, -0.05) is 24.3 Å². The van der Waals surface area contributed by atoms with Crippen LogP contribution >= 0.6 is 0 Å². The number of Topliss-reactive ketones (excluding diaryl/α,β-unsaturated/α-hetero) is 1. The van der Waals surface area contributed by atoms with Crippen molar-refractivity contribution in [2.75, 3.05) is 0 Å². The standard InChI is InChI=1S/C13H13F3O/c1-2-3-7-12(17)9-10-5-4-6-11(8-10)13(14,15)16/h2,4-6,8H,1,3,7,9H2. The zero-order valence-electron chi connectivity index (χ0n) is 9.26. The van der Waals surface area contributed by atoms with Gasteiger partial charge in [-0.05, 0) is 18.1 Å². The summed E-state index contributed by atoms with van der Waals surface area (Å²) >= 11 is 0. The van der Waals surface area contributed by atoms with Crippen LogP contribution in [-0.4, -0.2) is 5.78 Å². The summed E-state index contributed by atoms with van der Waals surface area (Å²) in [6.07, 6.45) is -1.83. The Kier molecular flexibility index (Phi) is 4.49. The highest BCUT2D eigenvalue weighted by Crippen LogP contribution is 2.29. The molecule has 0 saturated carbocycles. The fourth-order valence-corrected chi connectivity index (χ4v) is 1.44. The van der Waals surface area contributed by atoms with Gasteiger partial charge in [-0.3, -0.25) is 4.79 Å². The van der Waals surface area contributed by atoms with Crippen molar-refractivity contribution < 1.29 is 18.0 Å². The lowest BCUT2D eigenvalue weighted by Crippen LogP contribution is -2.07. The van der Waals surface area contributed by atoms with Crippen LogP contribution in [-0.2, 0) is 17.4 Å². The van der Waals surface area contributed by atoms with Crippen LogP contribution in [0.3, 0.4) is 0 Å². The lowest BCUT2D eigenvalue weighted by atomic mass is 10.0. The zero-order valence-corrected chi connectivity index (χ0v) is 9.26. The molecule has 0 atom stereocenters. The molecule has 0 aromatic heterocycles. The number of ketones is 1. The Labute approximate surface area is 98.0 Å². The highest BCUT2D eigenvalue weighted by molar-refractivity contribution is 5.81. The Morgan fingerprint density at radius 1 is 1.35 bits per heavy atom. The van der Waals surface area contributed by atoms with E-state index in [9.17, 15) is 18.0 Å². The number of rotatable bonds is 5. The molecule has 0 aliphatic heterocycles. The smallest absolute Gasteiger partial charge is 0.299 e. The third kappa shape index (κ3) is 4.43. The van der Waals surface area contributed by atoms with Crippen molar-refractivity contribution in [3.63, 3.8) is 0 Å². The Bertz CT molecular complexity index is 407. The number of halogens is 3. The molecule has 0 aliphatic rings. The van der Waals surface area contributed by atoms with Gasteiger partial charge in [0.25, 0.3) is 0 Å². The maximum absolute atomic E-state index is 12.4. The normalized spacial score (nSPS) is 11.2. The quantitative estimate of drug-likeness (QED) is 0.718. The minimum absolute atomic E-state index is 0.0394. The monoisotopic (exact) mass is 242 g/mol. The second-order valence-corrected chi connectivity index (χ2v) is 3.74. The summed E-state index contributed by atoms with van der Waals surface area (Å²) in [6, 6.07) is 4.86. The second kappa shape index (κ2) is 5.66. The first kappa shape index (κ1) is 13.5. The first-order valence-electron chi connectivity index (χ1n) is 5.22. The number of benzene rings is 1. The van der Waals surface area contributed by atoms with Gasteiger partial charge in [0.05, 0.1) is 5.56 Å². The summed E-state index contributed by atoms with van der Waals surface area (Å²) in [5, 5.41) is 0. The summed E-state index contributed by atoms with van der Waals surface area (Å²) < 4.78 is 37.2. The van der Waals surface area contributed by atoms with Crippen molar-refractivity contribution in [3.8, 4) is 0 Å². The molecule has 1 aromatic rings. The van der Waals surface area contributed by atoms with E-state index in [0.29, 0.717) is 18.4 Å². The van der Waals surface area contributed by atoms with Crippen LogP contribution in [0.5, 0.6) is 0 Å². The van der Waals surface area contributed by atoms with Crippen LogP contribution in [0.1, 0.15) is 24.0 Å². The predicted octanol–water partition coefficient (Wildman–Crippen LogP) is 3.78. The summed E-state index contributed by atoms with van der Waals surface area (Å²) in [6.45, 7) is 3.49. The molecular weight excluding hydrogens is 229 g/mol. The molecule has 0 N–H and O–H groups in total. The number of carbonyl (C=O) groups excluding carboxylic acids is 1. The Morgan fingerprint density at radius 2 is 2.06 bits per heavy atom. The second-order valence-electron chi connectivity index (χ2n) is 3.74.